The summed E-state index contributed by atoms with van der Waals surface area (Å²) in [5, 5.41) is 15.1. The van der Waals surface area contributed by atoms with E-state index < -0.39 is 0 Å². The first kappa shape index (κ1) is 25.0. The number of hydrogen-bond acceptors (Lipinski definition) is 5. The van der Waals surface area contributed by atoms with Gasteiger partial charge in [-0.1, -0.05) is 33.1 Å². The highest BCUT2D eigenvalue weighted by molar-refractivity contribution is 5.74. The van der Waals surface area contributed by atoms with E-state index in [2.05, 4.69) is 26.1 Å². The number of carbonyl (C=O) groups excluding carboxylic acids is 1. The van der Waals surface area contributed by atoms with Gasteiger partial charge in [-0.05, 0) is 99.2 Å². The van der Waals surface area contributed by atoms with Crippen LogP contribution in [0.15, 0.2) is 0 Å². The molecule has 0 aromatic heterocycles. The van der Waals surface area contributed by atoms with Crippen molar-refractivity contribution in [2.24, 2.45) is 40.4 Å². The Bertz CT molecular complexity index is 738. The first-order valence-electron chi connectivity index (χ1n) is 14.4. The monoisotopic (exact) mass is 475 g/mol. The highest BCUT2D eigenvalue weighted by atomic mass is 16.5. The fourth-order valence-electron chi connectivity index (χ4n) is 10.1. The van der Waals surface area contributed by atoms with Gasteiger partial charge in [0, 0.05) is 18.7 Å². The van der Waals surface area contributed by atoms with Gasteiger partial charge in [0.05, 0.1) is 25.2 Å². The number of esters is 1. The van der Waals surface area contributed by atoms with Gasteiger partial charge in [-0.2, -0.15) is 0 Å². The molecule has 2 N–H and O–H groups in total. The summed E-state index contributed by atoms with van der Waals surface area (Å²) >= 11 is 0. The third-order valence-electron chi connectivity index (χ3n) is 11.5. The van der Waals surface area contributed by atoms with Crippen molar-refractivity contribution in [3.8, 4) is 0 Å². The van der Waals surface area contributed by atoms with Crippen molar-refractivity contribution in [1.82, 2.24) is 5.32 Å². The number of rotatable bonds is 5. The number of fused-ring (bicyclic) bond motifs is 5. The Morgan fingerprint density at radius 3 is 2.47 bits per heavy atom. The Labute approximate surface area is 207 Å². The van der Waals surface area contributed by atoms with Crippen molar-refractivity contribution in [2.75, 3.05) is 13.7 Å². The molecular weight excluding hydrogens is 426 g/mol. The lowest BCUT2D eigenvalue weighted by atomic mass is 9.43. The van der Waals surface area contributed by atoms with Gasteiger partial charge in [-0.15, -0.1) is 0 Å². The summed E-state index contributed by atoms with van der Waals surface area (Å²) in [4.78, 5) is 12.9. The largest absolute Gasteiger partial charge is 0.469 e. The molecule has 194 valence electrons. The quantitative estimate of drug-likeness (QED) is 0.542. The SMILES string of the molecule is CCO[C@H]1C[C@@]2(C)[C@@H](CC[C@@H]3[C@@H]2[C@H](NC2CCCCC2)C[C@]2(C)[C@@H](C(=O)OC)CC[C@@H]32)C[C@@H]1O. The van der Waals surface area contributed by atoms with Crippen LogP contribution in [0.5, 0.6) is 0 Å². The van der Waals surface area contributed by atoms with Gasteiger partial charge < -0.3 is 19.9 Å². The lowest BCUT2D eigenvalue weighted by Crippen LogP contribution is -2.65. The van der Waals surface area contributed by atoms with Crippen LogP contribution in [0, 0.1) is 40.4 Å². The third-order valence-corrected chi connectivity index (χ3v) is 11.5. The molecule has 5 rings (SSSR count). The van der Waals surface area contributed by atoms with Gasteiger partial charge in [-0.25, -0.2) is 0 Å². The summed E-state index contributed by atoms with van der Waals surface area (Å²) in [5.41, 5.74) is 0.205. The molecule has 5 aliphatic rings. The maximum atomic E-state index is 12.9. The molecule has 0 radical (unpaired) electrons. The maximum absolute atomic E-state index is 12.9. The molecule has 0 spiro atoms. The summed E-state index contributed by atoms with van der Waals surface area (Å²) in [6.45, 7) is 7.68. The average molecular weight is 476 g/mol. The van der Waals surface area contributed by atoms with Gasteiger partial charge in [0.25, 0.3) is 0 Å². The number of hydrogen-bond donors (Lipinski definition) is 2. The van der Waals surface area contributed by atoms with E-state index in [9.17, 15) is 9.90 Å². The average Bonchev–Trinajstić information content (AvgIpc) is 3.17. The van der Waals surface area contributed by atoms with E-state index >= 15 is 0 Å². The first-order chi connectivity index (χ1) is 16.3. The maximum Gasteiger partial charge on any atom is 0.309 e. The summed E-state index contributed by atoms with van der Waals surface area (Å²) < 4.78 is 11.4. The number of methoxy groups -OCH3 is 1. The molecule has 0 unspecified atom stereocenters. The minimum absolute atomic E-state index is 0.0111. The molecule has 0 bridgehead atoms. The molecular formula is C29H49NO4. The highest BCUT2D eigenvalue weighted by Crippen LogP contribution is 2.67. The number of aliphatic hydroxyl groups excluding tert-OH is 1. The molecule has 0 amide bonds. The van der Waals surface area contributed by atoms with E-state index in [4.69, 9.17) is 9.47 Å². The van der Waals surface area contributed by atoms with E-state index in [1.807, 2.05) is 0 Å². The van der Waals surface area contributed by atoms with Crippen molar-refractivity contribution in [2.45, 2.75) is 122 Å². The summed E-state index contributed by atoms with van der Waals surface area (Å²) in [6.07, 6.45) is 13.8. The number of carbonyl (C=O) groups is 1. The summed E-state index contributed by atoms with van der Waals surface area (Å²) in [7, 11) is 1.57. The summed E-state index contributed by atoms with van der Waals surface area (Å²) in [6, 6.07) is 1.04. The van der Waals surface area contributed by atoms with Crippen LogP contribution in [0.3, 0.4) is 0 Å². The zero-order valence-electron chi connectivity index (χ0n) is 22.1. The van der Waals surface area contributed by atoms with Gasteiger partial charge >= 0.3 is 5.97 Å². The Morgan fingerprint density at radius 1 is 1.00 bits per heavy atom. The third kappa shape index (κ3) is 4.06. The van der Waals surface area contributed by atoms with E-state index in [0.29, 0.717) is 42.4 Å². The molecule has 0 aromatic carbocycles. The van der Waals surface area contributed by atoms with Crippen LogP contribution in [0.2, 0.25) is 0 Å². The second-order valence-corrected chi connectivity index (χ2v) is 13.0. The van der Waals surface area contributed by atoms with Crippen molar-refractivity contribution in [1.29, 1.82) is 0 Å². The van der Waals surface area contributed by atoms with Crippen molar-refractivity contribution in [3.05, 3.63) is 0 Å². The van der Waals surface area contributed by atoms with Crippen molar-refractivity contribution < 1.29 is 19.4 Å². The fraction of sp³-hybridized carbons (Fsp3) is 0.966. The van der Waals surface area contributed by atoms with Crippen LogP contribution >= 0.6 is 0 Å². The first-order valence-corrected chi connectivity index (χ1v) is 14.4. The number of nitrogens with one attached hydrogen (secondary N) is 1. The van der Waals surface area contributed by atoms with Crippen LogP contribution in [-0.4, -0.2) is 49.1 Å². The predicted octanol–water partition coefficient (Wildman–Crippen LogP) is 5.10. The molecule has 34 heavy (non-hydrogen) atoms. The topological polar surface area (TPSA) is 67.8 Å². The van der Waals surface area contributed by atoms with Crippen LogP contribution in [-0.2, 0) is 14.3 Å². The minimum Gasteiger partial charge on any atom is -0.469 e. The molecule has 5 nitrogen and oxygen atoms in total. The fourth-order valence-corrected chi connectivity index (χ4v) is 10.1. The molecule has 0 heterocycles. The standard InChI is InChI=1S/C29H49NO4/c1-5-34-25-17-28(2)18(15-24(25)31)11-12-20-21-13-14-22(27(32)33-4)29(21,3)16-23(26(20)28)30-19-9-7-6-8-10-19/h18-26,30-31H,5-17H2,1-4H3/t18-,20-,21-,22+,23+,24-,25-,26+,28-,29-/m0/s1. The van der Waals surface area contributed by atoms with E-state index in [0.717, 1.165) is 32.1 Å². The molecule has 0 aromatic rings. The van der Waals surface area contributed by atoms with E-state index in [1.54, 1.807) is 7.11 Å². The molecule has 5 saturated carbocycles. The minimum atomic E-state index is -0.330. The lowest BCUT2D eigenvalue weighted by molar-refractivity contribution is -0.183. The smallest absolute Gasteiger partial charge is 0.309 e. The normalized spacial score (nSPS) is 49.1. The van der Waals surface area contributed by atoms with Crippen LogP contribution < -0.4 is 5.32 Å². The molecule has 5 aliphatic carbocycles. The van der Waals surface area contributed by atoms with E-state index in [-0.39, 0.29) is 34.9 Å². The second kappa shape index (κ2) is 9.67. The Morgan fingerprint density at radius 2 is 1.76 bits per heavy atom. The van der Waals surface area contributed by atoms with Gasteiger partial charge in [-0.3, -0.25) is 4.79 Å². The Balaban J connectivity index is 1.49. The number of aliphatic hydroxyl groups is 1. The molecule has 10 atom stereocenters. The Kier molecular flexibility index (Phi) is 7.11. The van der Waals surface area contributed by atoms with Gasteiger partial charge in [0.1, 0.15) is 0 Å². The van der Waals surface area contributed by atoms with Gasteiger partial charge in [0.15, 0.2) is 0 Å². The van der Waals surface area contributed by atoms with Crippen LogP contribution in [0.25, 0.3) is 0 Å². The molecule has 0 aliphatic heterocycles. The Hall–Kier alpha value is -0.650. The van der Waals surface area contributed by atoms with Crippen molar-refractivity contribution >= 4 is 5.97 Å². The molecule has 5 heteroatoms. The lowest BCUT2D eigenvalue weighted by Gasteiger charge is -2.64. The van der Waals surface area contributed by atoms with Crippen LogP contribution in [0.4, 0.5) is 0 Å². The zero-order valence-corrected chi connectivity index (χ0v) is 22.1. The zero-order chi connectivity index (χ0) is 24.1. The molecule has 5 fully saturated rings. The predicted molar refractivity (Wildman–Crippen MR) is 133 cm³/mol. The van der Waals surface area contributed by atoms with Gasteiger partial charge in [0.2, 0.25) is 0 Å². The van der Waals surface area contributed by atoms with Crippen LogP contribution in [0.1, 0.15) is 97.8 Å². The van der Waals surface area contributed by atoms with E-state index in [1.165, 1.54) is 44.9 Å². The van der Waals surface area contributed by atoms with Crippen molar-refractivity contribution in [3.63, 3.8) is 0 Å². The number of ether oxygens (including phenoxy) is 2. The molecule has 0 saturated heterocycles. The highest BCUT2D eigenvalue weighted by Gasteiger charge is 2.65. The summed E-state index contributed by atoms with van der Waals surface area (Å²) in [5.74, 6) is 2.46. The second-order valence-electron chi connectivity index (χ2n) is 13.0.